The Morgan fingerprint density at radius 2 is 1.92 bits per heavy atom. The van der Waals surface area contributed by atoms with Gasteiger partial charge in [-0.1, -0.05) is 19.3 Å². The van der Waals surface area contributed by atoms with Gasteiger partial charge in [0.15, 0.2) is 0 Å². The highest BCUT2D eigenvalue weighted by Gasteiger charge is 2.16. The van der Waals surface area contributed by atoms with Crippen molar-refractivity contribution in [1.82, 2.24) is 4.90 Å². The van der Waals surface area contributed by atoms with Gasteiger partial charge >= 0.3 is 0 Å². The first-order chi connectivity index (χ1) is 5.84. The number of hydrogen-bond acceptors (Lipinski definition) is 1. The fourth-order valence-corrected chi connectivity index (χ4v) is 1.96. The summed E-state index contributed by atoms with van der Waals surface area (Å²) in [5.41, 5.74) is 0. The molecule has 0 spiro atoms. The molecule has 0 N–H and O–H groups in total. The minimum atomic E-state index is 0.848. The van der Waals surface area contributed by atoms with Gasteiger partial charge in [0.2, 0.25) is 0 Å². The van der Waals surface area contributed by atoms with Crippen LogP contribution in [0.4, 0.5) is 0 Å². The molecule has 0 aromatic rings. The van der Waals surface area contributed by atoms with E-state index in [9.17, 15) is 0 Å². The van der Waals surface area contributed by atoms with Gasteiger partial charge in [0.1, 0.15) is 0 Å². The van der Waals surface area contributed by atoms with E-state index in [1.165, 1.54) is 32.1 Å². The molecule has 2 nitrogen and oxygen atoms in total. The van der Waals surface area contributed by atoms with Crippen LogP contribution in [0, 0.1) is 0 Å². The van der Waals surface area contributed by atoms with Crippen molar-refractivity contribution in [1.29, 1.82) is 0 Å². The lowest BCUT2D eigenvalue weighted by Gasteiger charge is -2.32. The first-order valence-electron chi connectivity index (χ1n) is 5.10. The molecule has 0 heterocycles. The van der Waals surface area contributed by atoms with Crippen LogP contribution in [-0.2, 0) is 0 Å². The average molecular weight is 169 g/mol. The molecule has 0 atom stereocenters. The summed E-state index contributed by atoms with van der Waals surface area (Å²) in [5, 5.41) is 4.13. The van der Waals surface area contributed by atoms with Crippen LogP contribution >= 0.6 is 0 Å². The molecule has 0 amide bonds. The standard InChI is InChI=1S/C10H21N2/c1-11-8-9-12(2)10-6-4-3-5-7-10/h10H,3-9H2,1-2H3/q-1. The van der Waals surface area contributed by atoms with E-state index < -0.39 is 0 Å². The second-order valence-electron chi connectivity index (χ2n) is 3.81. The lowest BCUT2D eigenvalue weighted by molar-refractivity contribution is 0.199. The molecule has 0 aromatic heterocycles. The normalized spacial score (nSPS) is 20.2. The Labute approximate surface area is 76.3 Å². The molecule has 1 rings (SSSR count). The highest BCUT2D eigenvalue weighted by atomic mass is 15.1. The van der Waals surface area contributed by atoms with Gasteiger partial charge in [-0.2, -0.15) is 7.05 Å². The summed E-state index contributed by atoms with van der Waals surface area (Å²) in [7, 11) is 4.13. The van der Waals surface area contributed by atoms with E-state index in [-0.39, 0.29) is 0 Å². The zero-order chi connectivity index (χ0) is 8.81. The Balaban J connectivity index is 2.15. The number of rotatable bonds is 4. The smallest absolute Gasteiger partial charge is 0.00915 e. The fraction of sp³-hybridized carbons (Fsp3) is 1.00. The van der Waals surface area contributed by atoms with Crippen molar-refractivity contribution in [3.8, 4) is 0 Å². The van der Waals surface area contributed by atoms with Crippen molar-refractivity contribution in [2.75, 3.05) is 27.2 Å². The minimum Gasteiger partial charge on any atom is -0.664 e. The second-order valence-corrected chi connectivity index (χ2v) is 3.81. The zero-order valence-corrected chi connectivity index (χ0v) is 8.42. The van der Waals surface area contributed by atoms with Crippen LogP contribution in [0.2, 0.25) is 0 Å². The van der Waals surface area contributed by atoms with Crippen molar-refractivity contribution in [2.45, 2.75) is 38.1 Å². The molecule has 2 heteroatoms. The maximum atomic E-state index is 4.13. The lowest BCUT2D eigenvalue weighted by Crippen LogP contribution is -2.35. The van der Waals surface area contributed by atoms with Gasteiger partial charge in [-0.05, 0) is 26.4 Å². The quantitative estimate of drug-likeness (QED) is 0.631. The molecule has 1 aliphatic rings. The molecule has 0 unspecified atom stereocenters. The maximum Gasteiger partial charge on any atom is 0.00915 e. The summed E-state index contributed by atoms with van der Waals surface area (Å²) in [5.74, 6) is 0. The van der Waals surface area contributed by atoms with E-state index in [4.69, 9.17) is 0 Å². The molecule has 72 valence electrons. The molecule has 0 bridgehead atoms. The monoisotopic (exact) mass is 169 g/mol. The molecule has 0 aliphatic heterocycles. The maximum absolute atomic E-state index is 4.13. The highest BCUT2D eigenvalue weighted by Crippen LogP contribution is 2.21. The van der Waals surface area contributed by atoms with Crippen LogP contribution in [0.5, 0.6) is 0 Å². The minimum absolute atomic E-state index is 0.848. The van der Waals surface area contributed by atoms with Crippen molar-refractivity contribution < 1.29 is 0 Å². The predicted octanol–water partition coefficient (Wildman–Crippen LogP) is 2.25. The molecular formula is C10H21N2-. The Hall–Kier alpha value is -0.0800. The van der Waals surface area contributed by atoms with E-state index in [0.717, 1.165) is 19.1 Å². The van der Waals surface area contributed by atoms with Crippen molar-refractivity contribution in [2.24, 2.45) is 0 Å². The van der Waals surface area contributed by atoms with Crippen LogP contribution < -0.4 is 0 Å². The molecule has 1 fully saturated rings. The molecule has 0 radical (unpaired) electrons. The van der Waals surface area contributed by atoms with Gasteiger partial charge < -0.3 is 10.2 Å². The van der Waals surface area contributed by atoms with Crippen LogP contribution in [0.15, 0.2) is 0 Å². The summed E-state index contributed by atoms with van der Waals surface area (Å²) < 4.78 is 0. The highest BCUT2D eigenvalue weighted by molar-refractivity contribution is 4.78. The molecule has 0 aromatic carbocycles. The van der Waals surface area contributed by atoms with Gasteiger partial charge in [-0.3, -0.25) is 0 Å². The molecule has 1 saturated carbocycles. The zero-order valence-electron chi connectivity index (χ0n) is 8.42. The van der Waals surface area contributed by atoms with E-state index in [0.29, 0.717) is 0 Å². The number of nitrogens with zero attached hydrogens (tertiary/aromatic N) is 2. The van der Waals surface area contributed by atoms with E-state index in [1.807, 2.05) is 7.05 Å². The van der Waals surface area contributed by atoms with E-state index >= 15 is 0 Å². The van der Waals surface area contributed by atoms with Crippen molar-refractivity contribution in [3.05, 3.63) is 5.32 Å². The molecule has 1 aliphatic carbocycles. The van der Waals surface area contributed by atoms with Gasteiger partial charge in [-0.15, -0.1) is 6.54 Å². The fourth-order valence-electron chi connectivity index (χ4n) is 1.96. The van der Waals surface area contributed by atoms with Crippen molar-refractivity contribution >= 4 is 0 Å². The number of likely N-dealkylation sites (N-methyl/N-ethyl adjacent to an activating group) is 2. The third-order valence-corrected chi connectivity index (χ3v) is 2.87. The Bertz CT molecular complexity index is 108. The Morgan fingerprint density at radius 1 is 1.25 bits per heavy atom. The summed E-state index contributed by atoms with van der Waals surface area (Å²) in [6, 6.07) is 0.848. The van der Waals surface area contributed by atoms with Crippen LogP contribution in [0.25, 0.3) is 5.32 Å². The van der Waals surface area contributed by atoms with Crippen LogP contribution in [0.1, 0.15) is 32.1 Å². The molecule has 0 saturated heterocycles. The third-order valence-electron chi connectivity index (χ3n) is 2.87. The van der Waals surface area contributed by atoms with E-state index in [2.05, 4.69) is 17.3 Å². The lowest BCUT2D eigenvalue weighted by atomic mass is 9.94. The first kappa shape index (κ1) is 10.0. The average Bonchev–Trinajstić information content (AvgIpc) is 2.15. The van der Waals surface area contributed by atoms with Crippen LogP contribution in [-0.4, -0.2) is 38.1 Å². The number of hydrogen-bond donors (Lipinski definition) is 0. The molecular weight excluding hydrogens is 148 g/mol. The van der Waals surface area contributed by atoms with E-state index in [1.54, 1.807) is 0 Å². The largest absolute Gasteiger partial charge is 0.664 e. The summed E-state index contributed by atoms with van der Waals surface area (Å²) in [6.07, 6.45) is 7.11. The SMILES string of the molecule is C[N-]CCN(C)C1CCCCC1. The topological polar surface area (TPSA) is 17.3 Å². The first-order valence-corrected chi connectivity index (χ1v) is 5.10. The van der Waals surface area contributed by atoms with Crippen molar-refractivity contribution in [3.63, 3.8) is 0 Å². The summed E-state index contributed by atoms with van der Waals surface area (Å²) >= 11 is 0. The Morgan fingerprint density at radius 3 is 2.50 bits per heavy atom. The van der Waals surface area contributed by atoms with Gasteiger partial charge in [-0.25, -0.2) is 0 Å². The Kier molecular flexibility index (Phi) is 4.62. The summed E-state index contributed by atoms with van der Waals surface area (Å²) in [6.45, 7) is 2.13. The second kappa shape index (κ2) is 5.55. The predicted molar refractivity (Wildman–Crippen MR) is 53.7 cm³/mol. The van der Waals surface area contributed by atoms with Gasteiger partial charge in [0.25, 0.3) is 0 Å². The molecule has 12 heavy (non-hydrogen) atoms. The van der Waals surface area contributed by atoms with Crippen LogP contribution in [0.3, 0.4) is 0 Å². The summed E-state index contributed by atoms with van der Waals surface area (Å²) in [4.78, 5) is 2.48. The van der Waals surface area contributed by atoms with Gasteiger partial charge in [0.05, 0.1) is 0 Å². The van der Waals surface area contributed by atoms with Gasteiger partial charge in [0, 0.05) is 6.04 Å². The third kappa shape index (κ3) is 3.11.